The van der Waals surface area contributed by atoms with Crippen molar-refractivity contribution in [1.29, 1.82) is 0 Å². The van der Waals surface area contributed by atoms with Gasteiger partial charge in [0.2, 0.25) is 17.6 Å². The summed E-state index contributed by atoms with van der Waals surface area (Å²) in [6, 6.07) is 6.76. The molecule has 1 saturated carbocycles. The van der Waals surface area contributed by atoms with Crippen LogP contribution in [0.5, 0.6) is 5.75 Å². The van der Waals surface area contributed by atoms with Crippen molar-refractivity contribution in [2.45, 2.75) is 26.4 Å². The van der Waals surface area contributed by atoms with Gasteiger partial charge in [-0.25, -0.2) is 0 Å². The van der Waals surface area contributed by atoms with Gasteiger partial charge in [0.1, 0.15) is 5.75 Å². The van der Waals surface area contributed by atoms with Gasteiger partial charge >= 0.3 is 0 Å². The summed E-state index contributed by atoms with van der Waals surface area (Å²) in [5, 5.41) is 9.31. The molecule has 0 unspecified atom stereocenters. The van der Waals surface area contributed by atoms with Gasteiger partial charge in [0.15, 0.2) is 6.61 Å². The standard InChI is InChI=1S/C17H20N4O4/c1-11-20-15(21-25-11)10-24-14-6-4-13(5-7-14)17(23)19-9-8-18-16(22)12-2-3-12/h4-7,12H,2-3,8-10H2,1H3,(H,18,22)(H,19,23). The minimum atomic E-state index is -0.194. The monoisotopic (exact) mass is 344 g/mol. The Labute approximate surface area is 144 Å². The fourth-order valence-electron chi connectivity index (χ4n) is 2.20. The normalized spacial score (nSPS) is 13.3. The predicted molar refractivity (Wildman–Crippen MR) is 87.9 cm³/mol. The van der Waals surface area contributed by atoms with Crippen LogP contribution in [-0.2, 0) is 11.4 Å². The maximum atomic E-state index is 12.0. The lowest BCUT2D eigenvalue weighted by Crippen LogP contribution is -2.35. The zero-order valence-electron chi connectivity index (χ0n) is 13.9. The first kappa shape index (κ1) is 16.9. The van der Waals surface area contributed by atoms with Crippen LogP contribution in [0, 0.1) is 12.8 Å². The van der Waals surface area contributed by atoms with Gasteiger partial charge in [0.25, 0.3) is 5.91 Å². The van der Waals surface area contributed by atoms with Crippen molar-refractivity contribution in [1.82, 2.24) is 20.8 Å². The lowest BCUT2D eigenvalue weighted by Gasteiger charge is -2.08. The van der Waals surface area contributed by atoms with Crippen LogP contribution in [0.25, 0.3) is 0 Å². The number of rotatable bonds is 8. The lowest BCUT2D eigenvalue weighted by atomic mass is 10.2. The Morgan fingerprint density at radius 2 is 1.92 bits per heavy atom. The Hall–Kier alpha value is -2.90. The van der Waals surface area contributed by atoms with Gasteiger partial charge < -0.3 is 19.9 Å². The molecule has 1 heterocycles. The molecule has 2 amide bonds. The van der Waals surface area contributed by atoms with E-state index in [4.69, 9.17) is 9.26 Å². The van der Waals surface area contributed by atoms with E-state index in [-0.39, 0.29) is 24.3 Å². The molecule has 1 aromatic heterocycles. The number of amides is 2. The number of carbonyl (C=O) groups is 2. The second kappa shape index (κ2) is 7.78. The molecule has 0 aliphatic heterocycles. The average molecular weight is 344 g/mol. The van der Waals surface area contributed by atoms with Crippen molar-refractivity contribution < 1.29 is 18.8 Å². The summed E-state index contributed by atoms with van der Waals surface area (Å²) in [4.78, 5) is 27.5. The number of nitrogens with one attached hydrogen (secondary N) is 2. The third-order valence-electron chi connectivity index (χ3n) is 3.71. The third-order valence-corrected chi connectivity index (χ3v) is 3.71. The van der Waals surface area contributed by atoms with Crippen molar-refractivity contribution in [2.24, 2.45) is 5.92 Å². The first-order valence-corrected chi connectivity index (χ1v) is 8.20. The van der Waals surface area contributed by atoms with Gasteiger partial charge in [-0.3, -0.25) is 9.59 Å². The molecular weight excluding hydrogens is 324 g/mol. The highest BCUT2D eigenvalue weighted by atomic mass is 16.5. The molecule has 1 aromatic carbocycles. The molecule has 0 bridgehead atoms. The maximum absolute atomic E-state index is 12.0. The largest absolute Gasteiger partial charge is 0.485 e. The first-order valence-electron chi connectivity index (χ1n) is 8.20. The zero-order chi connectivity index (χ0) is 17.6. The van der Waals surface area contributed by atoms with Crippen LogP contribution in [0.2, 0.25) is 0 Å². The van der Waals surface area contributed by atoms with Crippen LogP contribution in [0.4, 0.5) is 0 Å². The van der Waals surface area contributed by atoms with Crippen molar-refractivity contribution in [2.75, 3.05) is 13.1 Å². The highest BCUT2D eigenvalue weighted by molar-refractivity contribution is 5.94. The summed E-state index contributed by atoms with van der Waals surface area (Å²) < 4.78 is 10.4. The van der Waals surface area contributed by atoms with Crippen LogP contribution in [0.1, 0.15) is 34.9 Å². The Balaban J connectivity index is 1.39. The van der Waals surface area contributed by atoms with E-state index in [9.17, 15) is 9.59 Å². The van der Waals surface area contributed by atoms with Crippen LogP contribution in [0.3, 0.4) is 0 Å². The van der Waals surface area contributed by atoms with E-state index in [1.165, 1.54) is 0 Å². The van der Waals surface area contributed by atoms with Crippen LogP contribution in [-0.4, -0.2) is 35.0 Å². The number of benzene rings is 1. The minimum Gasteiger partial charge on any atom is -0.485 e. The van der Waals surface area contributed by atoms with E-state index in [1.54, 1.807) is 31.2 Å². The second-order valence-electron chi connectivity index (χ2n) is 5.86. The Morgan fingerprint density at radius 1 is 1.20 bits per heavy atom. The SMILES string of the molecule is Cc1nc(COc2ccc(C(=O)NCCNC(=O)C3CC3)cc2)no1. The number of carbonyl (C=O) groups excluding carboxylic acids is 2. The number of ether oxygens (including phenoxy) is 1. The number of nitrogens with zero attached hydrogens (tertiary/aromatic N) is 2. The summed E-state index contributed by atoms with van der Waals surface area (Å²) >= 11 is 0. The van der Waals surface area contributed by atoms with Crippen molar-refractivity contribution in [3.8, 4) is 5.75 Å². The number of hydrogen-bond donors (Lipinski definition) is 2. The fourth-order valence-corrected chi connectivity index (χ4v) is 2.20. The van der Waals surface area contributed by atoms with Gasteiger partial charge in [-0.2, -0.15) is 4.98 Å². The molecule has 0 radical (unpaired) electrons. The second-order valence-corrected chi connectivity index (χ2v) is 5.86. The number of aryl methyl sites for hydroxylation is 1. The predicted octanol–water partition coefficient (Wildman–Crippen LogP) is 1.21. The van der Waals surface area contributed by atoms with Gasteiger partial charge in [0, 0.05) is 31.5 Å². The Kier molecular flexibility index (Phi) is 5.27. The van der Waals surface area contributed by atoms with E-state index < -0.39 is 0 Å². The average Bonchev–Trinajstić information content (AvgIpc) is 3.39. The summed E-state index contributed by atoms with van der Waals surface area (Å²) in [5.41, 5.74) is 0.524. The molecule has 1 aliphatic carbocycles. The smallest absolute Gasteiger partial charge is 0.251 e. The lowest BCUT2D eigenvalue weighted by molar-refractivity contribution is -0.122. The van der Waals surface area contributed by atoms with Gasteiger partial charge in [0.05, 0.1) is 0 Å². The number of hydrogen-bond acceptors (Lipinski definition) is 6. The van der Waals surface area contributed by atoms with E-state index in [2.05, 4.69) is 20.8 Å². The molecule has 132 valence electrons. The van der Waals surface area contributed by atoms with E-state index in [0.717, 1.165) is 12.8 Å². The van der Waals surface area contributed by atoms with Crippen LogP contribution < -0.4 is 15.4 Å². The molecule has 1 aliphatic rings. The van der Waals surface area contributed by atoms with Crippen molar-refractivity contribution in [3.05, 3.63) is 41.5 Å². The van der Waals surface area contributed by atoms with E-state index in [0.29, 0.717) is 36.1 Å². The molecule has 0 spiro atoms. The minimum absolute atomic E-state index is 0.0764. The third kappa shape index (κ3) is 5.03. The topological polar surface area (TPSA) is 106 Å². The van der Waals surface area contributed by atoms with Gasteiger partial charge in [-0.05, 0) is 37.1 Å². The summed E-state index contributed by atoms with van der Waals surface area (Å²) in [7, 11) is 0. The summed E-state index contributed by atoms with van der Waals surface area (Å²) in [6.45, 7) is 2.74. The summed E-state index contributed by atoms with van der Waals surface area (Å²) in [6.07, 6.45) is 1.94. The molecule has 8 nitrogen and oxygen atoms in total. The quantitative estimate of drug-likeness (QED) is 0.697. The number of aromatic nitrogens is 2. The molecule has 0 atom stereocenters. The molecule has 2 N–H and O–H groups in total. The molecule has 1 fully saturated rings. The molecule has 0 saturated heterocycles. The van der Waals surface area contributed by atoms with Gasteiger partial charge in [-0.15, -0.1) is 0 Å². The molecule has 2 aromatic rings. The van der Waals surface area contributed by atoms with E-state index >= 15 is 0 Å². The van der Waals surface area contributed by atoms with Gasteiger partial charge in [-0.1, -0.05) is 5.16 Å². The van der Waals surface area contributed by atoms with Crippen LogP contribution >= 0.6 is 0 Å². The van der Waals surface area contributed by atoms with E-state index in [1.807, 2.05) is 0 Å². The fraction of sp³-hybridized carbons (Fsp3) is 0.412. The highest BCUT2D eigenvalue weighted by Crippen LogP contribution is 2.28. The Morgan fingerprint density at radius 3 is 2.56 bits per heavy atom. The zero-order valence-corrected chi connectivity index (χ0v) is 13.9. The van der Waals surface area contributed by atoms with Crippen LogP contribution in [0.15, 0.2) is 28.8 Å². The highest BCUT2D eigenvalue weighted by Gasteiger charge is 2.28. The molecule has 3 rings (SSSR count). The Bertz CT molecular complexity index is 737. The molecular formula is C17H20N4O4. The van der Waals surface area contributed by atoms with Crippen molar-refractivity contribution in [3.63, 3.8) is 0 Å². The molecule has 8 heteroatoms. The summed E-state index contributed by atoms with van der Waals surface area (Å²) in [5.74, 6) is 1.62. The maximum Gasteiger partial charge on any atom is 0.251 e. The first-order chi connectivity index (χ1) is 12.1. The van der Waals surface area contributed by atoms with Crippen molar-refractivity contribution >= 4 is 11.8 Å². The molecule has 25 heavy (non-hydrogen) atoms.